The first kappa shape index (κ1) is 19.5. The van der Waals surface area contributed by atoms with Gasteiger partial charge >= 0.3 is 0 Å². The van der Waals surface area contributed by atoms with Crippen LogP contribution in [0, 0.1) is 5.92 Å². The summed E-state index contributed by atoms with van der Waals surface area (Å²) < 4.78 is 5.12. The highest BCUT2D eigenvalue weighted by Crippen LogP contribution is 2.34. The number of nitrogens with zero attached hydrogens (tertiary/aromatic N) is 2. The summed E-state index contributed by atoms with van der Waals surface area (Å²) in [5, 5.41) is 13.0. The molecule has 4 heterocycles. The average Bonchev–Trinajstić information content (AvgIpc) is 2.76. The number of aromatic hydroxyl groups is 1. The van der Waals surface area contributed by atoms with E-state index in [0.717, 1.165) is 37.9 Å². The molecule has 3 aliphatic rings. The molecule has 3 saturated heterocycles. The van der Waals surface area contributed by atoms with Crippen LogP contribution in [0.1, 0.15) is 24.0 Å². The monoisotopic (exact) mass is 393 g/mol. The highest BCUT2D eigenvalue weighted by atomic mass is 16.5. The van der Waals surface area contributed by atoms with Gasteiger partial charge in [-0.1, -0.05) is 12.1 Å². The Morgan fingerprint density at radius 2 is 2.17 bits per heavy atom. The molecule has 2 N–H and O–H groups in total. The van der Waals surface area contributed by atoms with Crippen LogP contribution in [-0.2, 0) is 11.2 Å². The molecule has 0 radical (unpaired) electrons. The Bertz CT molecular complexity index is 876. The molecule has 0 aliphatic carbocycles. The van der Waals surface area contributed by atoms with Crippen LogP contribution in [-0.4, -0.2) is 53.2 Å². The van der Waals surface area contributed by atoms with Crippen LogP contribution in [0.3, 0.4) is 0 Å². The maximum atomic E-state index is 12.7. The van der Waals surface area contributed by atoms with E-state index in [1.54, 1.807) is 36.5 Å². The zero-order valence-electron chi connectivity index (χ0n) is 16.6. The number of hydrogen-bond donors (Lipinski definition) is 2. The third kappa shape index (κ3) is 4.43. The Hall–Kier alpha value is -2.86. The van der Waals surface area contributed by atoms with E-state index in [9.17, 15) is 9.90 Å². The molecule has 2 bridgehead atoms. The first-order valence-corrected chi connectivity index (χ1v) is 10.1. The normalized spacial score (nSPS) is 25.8. The number of piperidine rings is 3. The lowest BCUT2D eigenvalue weighted by atomic mass is 9.77. The van der Waals surface area contributed by atoms with Gasteiger partial charge in [0.1, 0.15) is 0 Å². The fourth-order valence-electron chi connectivity index (χ4n) is 4.56. The number of nitrogens with one attached hydrogen (secondary N) is 1. The van der Waals surface area contributed by atoms with E-state index < -0.39 is 0 Å². The van der Waals surface area contributed by atoms with E-state index in [0.29, 0.717) is 17.7 Å². The summed E-state index contributed by atoms with van der Waals surface area (Å²) in [6.07, 6.45) is 10.2. The molecule has 3 aliphatic heterocycles. The molecule has 6 heteroatoms. The van der Waals surface area contributed by atoms with Gasteiger partial charge in [-0.3, -0.25) is 14.7 Å². The molecular formula is C23H27N3O3. The highest BCUT2D eigenvalue weighted by Gasteiger charge is 2.42. The first-order chi connectivity index (χ1) is 14.1. The van der Waals surface area contributed by atoms with Crippen LogP contribution >= 0.6 is 0 Å². The third-order valence-corrected chi connectivity index (χ3v) is 6.07. The minimum atomic E-state index is -0.0908. The van der Waals surface area contributed by atoms with Crippen molar-refractivity contribution in [1.82, 2.24) is 15.2 Å². The van der Waals surface area contributed by atoms with Gasteiger partial charge in [0.25, 0.3) is 0 Å². The summed E-state index contributed by atoms with van der Waals surface area (Å²) >= 11 is 0. The molecule has 1 amide bonds. The number of rotatable bonds is 6. The average molecular weight is 393 g/mol. The van der Waals surface area contributed by atoms with Crippen molar-refractivity contribution < 1.29 is 14.6 Å². The number of fused-ring (bicyclic) bond motifs is 3. The number of pyridine rings is 1. The van der Waals surface area contributed by atoms with Gasteiger partial charge in [0.15, 0.2) is 11.5 Å². The predicted molar refractivity (Wildman–Crippen MR) is 112 cm³/mol. The third-order valence-electron chi connectivity index (χ3n) is 6.07. The lowest BCUT2D eigenvalue weighted by Gasteiger charge is -2.51. The number of aromatic nitrogens is 1. The van der Waals surface area contributed by atoms with Crippen molar-refractivity contribution >= 4 is 12.0 Å². The van der Waals surface area contributed by atoms with Crippen molar-refractivity contribution in [3.05, 3.63) is 59.9 Å². The number of carbonyl (C=O) groups is 1. The molecule has 0 unspecified atom stereocenters. The Labute approximate surface area is 171 Å². The second kappa shape index (κ2) is 8.66. The molecule has 1 aromatic heterocycles. The minimum Gasteiger partial charge on any atom is -0.504 e. The number of phenols is 1. The molecule has 29 heavy (non-hydrogen) atoms. The number of amides is 1. The van der Waals surface area contributed by atoms with Crippen molar-refractivity contribution in [2.45, 2.75) is 31.3 Å². The summed E-state index contributed by atoms with van der Waals surface area (Å²) in [4.78, 5) is 19.4. The predicted octanol–water partition coefficient (Wildman–Crippen LogP) is 2.63. The summed E-state index contributed by atoms with van der Waals surface area (Å²) in [5.41, 5.74) is 2.01. The molecule has 0 spiro atoms. The standard InChI is InChI=1S/C23H27N3O3/c1-29-21-14-16(4-6-20(21)27)5-7-22(28)25-23-18-8-11-26(12-9-18)19(23)13-17-3-2-10-24-15-17/h2-7,10,14-15,18-19,23,27H,8-9,11-13H2,1H3,(H,25,28)/b7-5+/t19-,23+/m1/s1. The van der Waals surface area contributed by atoms with Crippen LogP contribution in [0.4, 0.5) is 0 Å². The van der Waals surface area contributed by atoms with Gasteiger partial charge in [0.05, 0.1) is 7.11 Å². The molecule has 6 nitrogen and oxygen atoms in total. The summed E-state index contributed by atoms with van der Waals surface area (Å²) in [7, 11) is 1.51. The lowest BCUT2D eigenvalue weighted by molar-refractivity contribution is -0.119. The van der Waals surface area contributed by atoms with Gasteiger partial charge in [-0.2, -0.15) is 0 Å². The zero-order chi connectivity index (χ0) is 20.2. The second-order valence-corrected chi connectivity index (χ2v) is 7.81. The molecular weight excluding hydrogens is 366 g/mol. The van der Waals surface area contributed by atoms with Crippen molar-refractivity contribution in [3.63, 3.8) is 0 Å². The zero-order valence-corrected chi connectivity index (χ0v) is 16.6. The van der Waals surface area contributed by atoms with Gasteiger partial charge in [-0.05, 0) is 73.7 Å². The van der Waals surface area contributed by atoms with Crippen molar-refractivity contribution in [1.29, 1.82) is 0 Å². The molecule has 152 valence electrons. The number of carbonyl (C=O) groups excluding carboxylic acids is 1. The smallest absolute Gasteiger partial charge is 0.244 e. The Kier molecular flexibility index (Phi) is 5.81. The van der Waals surface area contributed by atoms with Gasteiger partial charge in [-0.15, -0.1) is 0 Å². The summed E-state index contributed by atoms with van der Waals surface area (Å²) in [6.45, 7) is 2.20. The lowest BCUT2D eigenvalue weighted by Crippen LogP contribution is -2.64. The molecule has 2 aromatic rings. The van der Waals surface area contributed by atoms with Crippen molar-refractivity contribution in [2.75, 3.05) is 20.2 Å². The Morgan fingerprint density at radius 1 is 1.34 bits per heavy atom. The van der Waals surface area contributed by atoms with Crippen LogP contribution in [0.2, 0.25) is 0 Å². The molecule has 2 atom stereocenters. The van der Waals surface area contributed by atoms with Crippen LogP contribution in [0.5, 0.6) is 11.5 Å². The topological polar surface area (TPSA) is 74.7 Å². The Morgan fingerprint density at radius 3 is 2.90 bits per heavy atom. The fourth-order valence-corrected chi connectivity index (χ4v) is 4.56. The fraction of sp³-hybridized carbons (Fsp3) is 0.391. The maximum Gasteiger partial charge on any atom is 0.244 e. The van der Waals surface area contributed by atoms with Crippen LogP contribution in [0.15, 0.2) is 48.8 Å². The van der Waals surface area contributed by atoms with Gasteiger partial charge in [0, 0.05) is 30.6 Å². The number of ether oxygens (including phenoxy) is 1. The minimum absolute atomic E-state index is 0.0830. The highest BCUT2D eigenvalue weighted by molar-refractivity contribution is 5.92. The van der Waals surface area contributed by atoms with E-state index in [-0.39, 0.29) is 17.7 Å². The Balaban J connectivity index is 1.45. The summed E-state index contributed by atoms with van der Waals surface area (Å²) in [5.74, 6) is 0.904. The number of hydrogen-bond acceptors (Lipinski definition) is 5. The van der Waals surface area contributed by atoms with Gasteiger partial charge in [0.2, 0.25) is 5.91 Å². The number of methoxy groups -OCH3 is 1. The van der Waals surface area contributed by atoms with E-state index in [1.807, 2.05) is 12.3 Å². The van der Waals surface area contributed by atoms with Crippen molar-refractivity contribution in [3.8, 4) is 11.5 Å². The number of phenolic OH excluding ortho intramolecular Hbond substituents is 1. The van der Waals surface area contributed by atoms with Crippen molar-refractivity contribution in [2.24, 2.45) is 5.92 Å². The molecule has 1 aromatic carbocycles. The van der Waals surface area contributed by atoms with E-state index in [2.05, 4.69) is 21.3 Å². The van der Waals surface area contributed by atoms with Gasteiger partial charge in [-0.25, -0.2) is 0 Å². The SMILES string of the molecule is COc1cc(/C=C/C(=O)N[C@H]2C3CCN(CC3)[C@@H]2Cc2cccnc2)ccc1O. The largest absolute Gasteiger partial charge is 0.504 e. The van der Waals surface area contributed by atoms with E-state index in [4.69, 9.17) is 4.74 Å². The molecule has 3 fully saturated rings. The molecule has 5 rings (SSSR count). The first-order valence-electron chi connectivity index (χ1n) is 10.1. The van der Waals surface area contributed by atoms with Gasteiger partial charge < -0.3 is 15.2 Å². The second-order valence-electron chi connectivity index (χ2n) is 7.81. The van der Waals surface area contributed by atoms with E-state index >= 15 is 0 Å². The van der Waals surface area contributed by atoms with Crippen LogP contribution < -0.4 is 10.1 Å². The number of benzene rings is 1. The van der Waals surface area contributed by atoms with E-state index in [1.165, 1.54) is 12.7 Å². The van der Waals surface area contributed by atoms with Crippen LogP contribution in [0.25, 0.3) is 6.08 Å². The quantitative estimate of drug-likeness (QED) is 0.738. The summed E-state index contributed by atoms with van der Waals surface area (Å²) in [6, 6.07) is 9.54. The maximum absolute atomic E-state index is 12.7. The molecule has 0 saturated carbocycles.